The maximum absolute atomic E-state index is 12.6. The zero-order chi connectivity index (χ0) is 17.9. The van der Waals surface area contributed by atoms with Crippen molar-refractivity contribution in [3.8, 4) is 5.75 Å². The zero-order valence-corrected chi connectivity index (χ0v) is 14.5. The van der Waals surface area contributed by atoms with Crippen LogP contribution in [-0.4, -0.2) is 26.1 Å². The number of aryl methyl sites for hydroxylation is 2. The Bertz CT molecular complexity index is 857. The van der Waals surface area contributed by atoms with Crippen LogP contribution in [0.4, 0.5) is 5.69 Å². The molecule has 6 nitrogen and oxygen atoms in total. The van der Waals surface area contributed by atoms with E-state index >= 15 is 0 Å². The number of anilines is 1. The first kappa shape index (κ1) is 17.8. The van der Waals surface area contributed by atoms with Gasteiger partial charge in [-0.1, -0.05) is 0 Å². The van der Waals surface area contributed by atoms with Gasteiger partial charge in [-0.05, 0) is 68.3 Å². The van der Waals surface area contributed by atoms with E-state index in [-0.39, 0.29) is 10.5 Å². The molecule has 2 aromatic rings. The van der Waals surface area contributed by atoms with E-state index in [0.29, 0.717) is 23.6 Å². The highest BCUT2D eigenvalue weighted by Gasteiger charge is 2.19. The Morgan fingerprint density at radius 2 is 1.75 bits per heavy atom. The van der Waals surface area contributed by atoms with Crippen LogP contribution in [0.25, 0.3) is 0 Å². The summed E-state index contributed by atoms with van der Waals surface area (Å²) < 4.78 is 33.1. The second-order valence-electron chi connectivity index (χ2n) is 5.30. The van der Waals surface area contributed by atoms with E-state index in [2.05, 4.69) is 4.72 Å². The molecule has 2 N–H and O–H groups in total. The second-order valence-corrected chi connectivity index (χ2v) is 6.96. The fourth-order valence-corrected chi connectivity index (χ4v) is 3.63. The van der Waals surface area contributed by atoms with Crippen molar-refractivity contribution in [1.82, 2.24) is 0 Å². The molecule has 0 radical (unpaired) electrons. The monoisotopic (exact) mass is 349 g/mol. The fourth-order valence-electron chi connectivity index (χ4n) is 2.25. The van der Waals surface area contributed by atoms with Gasteiger partial charge in [0.25, 0.3) is 10.0 Å². The summed E-state index contributed by atoms with van der Waals surface area (Å²) in [6.45, 7) is 5.84. The SMILES string of the molecule is CCOc1cc(C)c(S(=O)(=O)Nc2ccc(C(=O)O)cc2)cc1C. The van der Waals surface area contributed by atoms with E-state index < -0.39 is 16.0 Å². The summed E-state index contributed by atoms with van der Waals surface area (Å²) in [5.74, 6) is -0.415. The third kappa shape index (κ3) is 3.86. The van der Waals surface area contributed by atoms with Gasteiger partial charge in [0.1, 0.15) is 5.75 Å². The molecule has 0 aliphatic rings. The van der Waals surface area contributed by atoms with Gasteiger partial charge in [-0.25, -0.2) is 13.2 Å². The normalized spacial score (nSPS) is 11.1. The van der Waals surface area contributed by atoms with Crippen LogP contribution < -0.4 is 9.46 Å². The van der Waals surface area contributed by atoms with Crippen molar-refractivity contribution in [3.05, 3.63) is 53.1 Å². The molecule has 0 unspecified atom stereocenters. The summed E-state index contributed by atoms with van der Waals surface area (Å²) in [5, 5.41) is 8.87. The van der Waals surface area contributed by atoms with Gasteiger partial charge in [0.15, 0.2) is 0 Å². The number of carboxylic acids is 1. The van der Waals surface area contributed by atoms with Crippen molar-refractivity contribution in [2.75, 3.05) is 11.3 Å². The molecule has 0 aromatic heterocycles. The van der Waals surface area contributed by atoms with E-state index in [1.807, 2.05) is 6.92 Å². The lowest BCUT2D eigenvalue weighted by atomic mass is 10.1. The van der Waals surface area contributed by atoms with Crippen molar-refractivity contribution in [2.45, 2.75) is 25.7 Å². The summed E-state index contributed by atoms with van der Waals surface area (Å²) in [4.78, 5) is 11.0. The molecule has 24 heavy (non-hydrogen) atoms. The van der Waals surface area contributed by atoms with Crippen molar-refractivity contribution in [2.24, 2.45) is 0 Å². The minimum Gasteiger partial charge on any atom is -0.494 e. The Kier molecular flexibility index (Phi) is 5.14. The van der Waals surface area contributed by atoms with Gasteiger partial charge in [0.2, 0.25) is 0 Å². The predicted molar refractivity (Wildman–Crippen MR) is 91.3 cm³/mol. The summed E-state index contributed by atoms with van der Waals surface area (Å²) in [6, 6.07) is 8.78. The van der Waals surface area contributed by atoms with E-state index in [1.54, 1.807) is 26.0 Å². The van der Waals surface area contributed by atoms with E-state index in [9.17, 15) is 13.2 Å². The fraction of sp³-hybridized carbons (Fsp3) is 0.235. The molecule has 2 aromatic carbocycles. The number of rotatable bonds is 6. The highest BCUT2D eigenvalue weighted by Crippen LogP contribution is 2.27. The van der Waals surface area contributed by atoms with Gasteiger partial charge in [-0.3, -0.25) is 4.72 Å². The Labute approximate surface area is 141 Å². The van der Waals surface area contributed by atoms with Gasteiger partial charge >= 0.3 is 5.97 Å². The first-order chi connectivity index (χ1) is 11.2. The van der Waals surface area contributed by atoms with Gasteiger partial charge in [-0.2, -0.15) is 0 Å². The smallest absolute Gasteiger partial charge is 0.335 e. The molecule has 0 fully saturated rings. The van der Waals surface area contributed by atoms with Crippen LogP contribution in [-0.2, 0) is 10.0 Å². The van der Waals surface area contributed by atoms with Crippen LogP contribution >= 0.6 is 0 Å². The molecule has 0 atom stereocenters. The molecule has 0 saturated carbocycles. The maximum Gasteiger partial charge on any atom is 0.335 e. The first-order valence-corrected chi connectivity index (χ1v) is 8.83. The first-order valence-electron chi connectivity index (χ1n) is 7.35. The van der Waals surface area contributed by atoms with E-state index in [1.165, 1.54) is 24.3 Å². The highest BCUT2D eigenvalue weighted by atomic mass is 32.2. The topological polar surface area (TPSA) is 92.7 Å². The summed E-state index contributed by atoms with van der Waals surface area (Å²) in [6.07, 6.45) is 0. The number of hydrogen-bond acceptors (Lipinski definition) is 4. The lowest BCUT2D eigenvalue weighted by Gasteiger charge is -2.14. The Balaban J connectivity index is 2.33. The number of ether oxygens (including phenoxy) is 1. The molecule has 7 heteroatoms. The maximum atomic E-state index is 12.6. The number of carbonyl (C=O) groups is 1. The van der Waals surface area contributed by atoms with Crippen LogP contribution in [0.15, 0.2) is 41.3 Å². The number of sulfonamides is 1. The van der Waals surface area contributed by atoms with Crippen molar-refractivity contribution >= 4 is 21.7 Å². The number of hydrogen-bond donors (Lipinski definition) is 2. The van der Waals surface area contributed by atoms with Crippen LogP contribution in [0.1, 0.15) is 28.4 Å². The lowest BCUT2D eigenvalue weighted by Crippen LogP contribution is -2.15. The van der Waals surface area contributed by atoms with Gasteiger partial charge in [-0.15, -0.1) is 0 Å². The molecule has 128 valence electrons. The van der Waals surface area contributed by atoms with Crippen LogP contribution in [0, 0.1) is 13.8 Å². The van der Waals surface area contributed by atoms with Gasteiger partial charge < -0.3 is 9.84 Å². The number of aromatic carboxylic acids is 1. The molecular formula is C17H19NO5S. The summed E-state index contributed by atoms with van der Waals surface area (Å²) >= 11 is 0. The van der Waals surface area contributed by atoms with Crippen molar-refractivity contribution < 1.29 is 23.1 Å². The minimum absolute atomic E-state index is 0.0889. The lowest BCUT2D eigenvalue weighted by molar-refractivity contribution is 0.0697. The van der Waals surface area contributed by atoms with Crippen molar-refractivity contribution in [3.63, 3.8) is 0 Å². The van der Waals surface area contributed by atoms with E-state index in [4.69, 9.17) is 9.84 Å². The molecule has 0 aliphatic heterocycles. The molecule has 0 aliphatic carbocycles. The van der Waals surface area contributed by atoms with Gasteiger partial charge in [0, 0.05) is 5.69 Å². The molecule has 0 amide bonds. The minimum atomic E-state index is -3.78. The standard InChI is InChI=1S/C17H19NO5S/c1-4-23-15-9-12(3)16(10-11(15)2)24(21,22)18-14-7-5-13(6-8-14)17(19)20/h5-10,18H,4H2,1-3H3,(H,19,20). The molecule has 0 heterocycles. The number of nitrogens with one attached hydrogen (secondary N) is 1. The highest BCUT2D eigenvalue weighted by molar-refractivity contribution is 7.92. The average Bonchev–Trinajstić information content (AvgIpc) is 2.50. The van der Waals surface area contributed by atoms with Gasteiger partial charge in [0.05, 0.1) is 17.1 Å². The second kappa shape index (κ2) is 6.92. The number of benzene rings is 2. The molecule has 0 saturated heterocycles. The van der Waals surface area contributed by atoms with Crippen LogP contribution in [0.5, 0.6) is 5.75 Å². The Morgan fingerprint density at radius 1 is 1.12 bits per heavy atom. The number of carboxylic acid groups (broad SMARTS) is 1. The Hall–Kier alpha value is -2.54. The average molecular weight is 349 g/mol. The summed E-state index contributed by atoms with van der Waals surface area (Å²) in [5.41, 5.74) is 1.68. The third-order valence-corrected chi connectivity index (χ3v) is 4.97. The molecular weight excluding hydrogens is 330 g/mol. The predicted octanol–water partition coefficient (Wildman–Crippen LogP) is 3.20. The molecule has 0 spiro atoms. The Morgan fingerprint density at radius 3 is 2.29 bits per heavy atom. The zero-order valence-electron chi connectivity index (χ0n) is 13.7. The molecule has 2 rings (SSSR count). The largest absolute Gasteiger partial charge is 0.494 e. The molecule has 0 bridgehead atoms. The van der Waals surface area contributed by atoms with Crippen LogP contribution in [0.2, 0.25) is 0 Å². The van der Waals surface area contributed by atoms with Crippen molar-refractivity contribution in [1.29, 1.82) is 0 Å². The quantitative estimate of drug-likeness (QED) is 0.835. The summed E-state index contributed by atoms with van der Waals surface area (Å²) in [7, 11) is -3.78. The van der Waals surface area contributed by atoms with E-state index in [0.717, 1.165) is 5.56 Å². The third-order valence-electron chi connectivity index (χ3n) is 3.45. The van der Waals surface area contributed by atoms with Crippen LogP contribution in [0.3, 0.4) is 0 Å².